The molecule has 5 aromatic rings. The number of carbonyl (C=O) groups is 8. The summed E-state index contributed by atoms with van der Waals surface area (Å²) < 4.78 is 40.7. The molecule has 0 radical (unpaired) electrons. The van der Waals surface area contributed by atoms with E-state index < -0.39 is 47.8 Å². The molecule has 0 aromatic heterocycles. The summed E-state index contributed by atoms with van der Waals surface area (Å²) in [6.07, 6.45) is 8.86. The van der Waals surface area contributed by atoms with E-state index in [0.717, 1.165) is 73.0 Å². The Kier molecular flexibility index (Phi) is 27.1. The first-order chi connectivity index (χ1) is 43.7. The number of hydrogen-bond acceptors (Lipinski definition) is 18. The first-order valence-corrected chi connectivity index (χ1v) is 30.1. The van der Waals surface area contributed by atoms with E-state index in [9.17, 15) is 38.4 Å². The third kappa shape index (κ3) is 21.3. The Morgan fingerprint density at radius 1 is 0.440 bits per heavy atom. The molecule has 1 atom stereocenters. The minimum atomic E-state index is -0.641. The van der Waals surface area contributed by atoms with Crippen LogP contribution in [0.3, 0.4) is 0 Å². The summed E-state index contributed by atoms with van der Waals surface area (Å²) in [5, 5.41) is 0. The summed E-state index contributed by atoms with van der Waals surface area (Å²) >= 11 is 0. The third-order valence-electron chi connectivity index (χ3n) is 14.7. The largest absolute Gasteiger partial charge is 0.466 e. The first kappa shape index (κ1) is 70.0. The fourth-order valence-electron chi connectivity index (χ4n) is 9.65. The Morgan fingerprint density at radius 3 is 1.22 bits per heavy atom. The second kappa shape index (κ2) is 35.2. The van der Waals surface area contributed by atoms with E-state index in [1.807, 2.05) is 80.6 Å². The number of allylic oxidation sites excluding steroid dienone is 2. The first-order valence-electron chi connectivity index (χ1n) is 30.1. The molecule has 0 fully saturated rings. The molecular formula is C73H80N2O16. The molecule has 0 bridgehead atoms. The molecule has 0 saturated carbocycles. The summed E-state index contributed by atoms with van der Waals surface area (Å²) in [6.45, 7) is 23.2. The van der Waals surface area contributed by atoms with Crippen molar-refractivity contribution in [3.63, 3.8) is 0 Å². The topological polar surface area (TPSA) is 217 Å². The number of ether oxygens (including phenoxy) is 8. The van der Waals surface area contributed by atoms with Crippen LogP contribution in [0.4, 0.5) is 28.4 Å². The SMILES string of the molecule is C=C(COC(=O)CCC1=CCC(N(c2ccc(-c3ccc(N(c4ccc(CCC(=O)OCC(=C)C(=O)OCC)cc4)c4ccc(CCC(=O)OCC(=C)C(=O)OCC)c(C)c4)cc3)cc2)c2ccc(CCC(=O)OCC(=C)C(=O)OCC)c(C)c2)C=C1)C(=O)OC. The van der Waals surface area contributed by atoms with Gasteiger partial charge in [-0.3, -0.25) is 19.2 Å². The zero-order valence-electron chi connectivity index (χ0n) is 52.8. The van der Waals surface area contributed by atoms with Gasteiger partial charge in [0.05, 0.1) is 55.3 Å². The molecule has 1 aliphatic carbocycles. The van der Waals surface area contributed by atoms with E-state index in [1.165, 1.54) is 7.11 Å². The van der Waals surface area contributed by atoms with Crippen LogP contribution in [-0.2, 0) is 95.5 Å². The average Bonchev–Trinajstić information content (AvgIpc) is 0.940. The maximum atomic E-state index is 12.8. The molecule has 0 aliphatic heterocycles. The van der Waals surface area contributed by atoms with Gasteiger partial charge in [-0.1, -0.05) is 98.6 Å². The molecule has 6 rings (SSSR count). The smallest absolute Gasteiger partial charge is 0.336 e. The average molecular weight is 1240 g/mol. The van der Waals surface area contributed by atoms with Crippen LogP contribution in [-0.4, -0.2) is 107 Å². The number of anilines is 5. The molecule has 0 saturated heterocycles. The van der Waals surface area contributed by atoms with E-state index in [0.29, 0.717) is 32.1 Å². The van der Waals surface area contributed by atoms with Crippen molar-refractivity contribution in [3.8, 4) is 11.1 Å². The van der Waals surface area contributed by atoms with Crippen LogP contribution in [0.2, 0.25) is 0 Å². The molecule has 91 heavy (non-hydrogen) atoms. The Labute approximate surface area is 532 Å². The molecule has 1 unspecified atom stereocenters. The summed E-state index contributed by atoms with van der Waals surface area (Å²) in [5.74, 6) is -4.35. The molecule has 0 amide bonds. The highest BCUT2D eigenvalue weighted by Crippen LogP contribution is 2.39. The Morgan fingerprint density at radius 2 is 0.813 bits per heavy atom. The van der Waals surface area contributed by atoms with Crippen LogP contribution in [0, 0.1) is 13.8 Å². The van der Waals surface area contributed by atoms with Crippen molar-refractivity contribution >= 4 is 76.2 Å². The molecule has 478 valence electrons. The summed E-state index contributed by atoms with van der Waals surface area (Å²) in [7, 11) is 1.23. The van der Waals surface area contributed by atoms with E-state index in [-0.39, 0.29) is 100 Å². The van der Waals surface area contributed by atoms with E-state index in [2.05, 4.69) is 102 Å². The second-order valence-corrected chi connectivity index (χ2v) is 21.3. The molecule has 0 spiro atoms. The predicted molar refractivity (Wildman–Crippen MR) is 347 cm³/mol. The lowest BCUT2D eigenvalue weighted by Crippen LogP contribution is -2.30. The fraction of sp³-hybridized carbons (Fsp3) is 0.315. The van der Waals surface area contributed by atoms with Crippen molar-refractivity contribution in [2.75, 3.05) is 63.2 Å². The lowest BCUT2D eigenvalue weighted by atomic mass is 9.96. The lowest BCUT2D eigenvalue weighted by Gasteiger charge is -2.34. The van der Waals surface area contributed by atoms with Crippen molar-refractivity contribution in [1.29, 1.82) is 0 Å². The van der Waals surface area contributed by atoms with Gasteiger partial charge in [-0.25, -0.2) is 19.2 Å². The molecule has 18 nitrogen and oxygen atoms in total. The number of hydrogen-bond donors (Lipinski definition) is 0. The van der Waals surface area contributed by atoms with E-state index in [1.54, 1.807) is 20.8 Å². The minimum Gasteiger partial charge on any atom is -0.466 e. The van der Waals surface area contributed by atoms with Crippen LogP contribution >= 0.6 is 0 Å². The molecule has 0 heterocycles. The maximum absolute atomic E-state index is 12.8. The third-order valence-corrected chi connectivity index (χ3v) is 14.7. The van der Waals surface area contributed by atoms with E-state index in [4.69, 9.17) is 33.2 Å². The maximum Gasteiger partial charge on any atom is 0.336 e. The van der Waals surface area contributed by atoms with Crippen LogP contribution in [0.1, 0.15) is 87.1 Å². The highest BCUT2D eigenvalue weighted by Gasteiger charge is 2.24. The normalized spacial score (nSPS) is 12.2. The molecule has 5 aromatic carbocycles. The zero-order valence-corrected chi connectivity index (χ0v) is 52.8. The van der Waals surface area contributed by atoms with Crippen molar-refractivity contribution in [3.05, 3.63) is 209 Å². The number of carbonyl (C=O) groups excluding carboxylic acids is 8. The van der Waals surface area contributed by atoms with Gasteiger partial charge in [0.15, 0.2) is 0 Å². The Hall–Kier alpha value is -10.1. The Balaban J connectivity index is 1.23. The van der Waals surface area contributed by atoms with Crippen molar-refractivity contribution < 1.29 is 76.3 Å². The molecule has 1 aliphatic rings. The zero-order chi connectivity index (χ0) is 66.0. The highest BCUT2D eigenvalue weighted by atomic mass is 16.6. The van der Waals surface area contributed by atoms with E-state index >= 15 is 0 Å². The summed E-state index contributed by atoms with van der Waals surface area (Å²) in [5.41, 5.74) is 12.2. The van der Waals surface area contributed by atoms with Crippen LogP contribution in [0.5, 0.6) is 0 Å². The number of rotatable bonds is 34. The van der Waals surface area contributed by atoms with Crippen LogP contribution in [0.15, 0.2) is 182 Å². The second-order valence-electron chi connectivity index (χ2n) is 21.3. The van der Waals surface area contributed by atoms with Gasteiger partial charge in [-0.15, -0.1) is 0 Å². The van der Waals surface area contributed by atoms with Gasteiger partial charge < -0.3 is 47.7 Å². The Bertz CT molecular complexity index is 3540. The quantitative estimate of drug-likeness (QED) is 0.0212. The fourth-order valence-corrected chi connectivity index (χ4v) is 9.65. The van der Waals surface area contributed by atoms with Gasteiger partial charge in [-0.05, 0) is 166 Å². The predicted octanol–water partition coefficient (Wildman–Crippen LogP) is 12.7. The number of esters is 8. The number of aryl methyl sites for hydroxylation is 5. The number of benzene rings is 5. The van der Waals surface area contributed by atoms with Gasteiger partial charge in [-0.2, -0.15) is 0 Å². The van der Waals surface area contributed by atoms with Gasteiger partial charge in [0.2, 0.25) is 0 Å². The summed E-state index contributed by atoms with van der Waals surface area (Å²) in [6, 6.07) is 36.4. The van der Waals surface area contributed by atoms with Crippen molar-refractivity contribution in [1.82, 2.24) is 0 Å². The van der Waals surface area contributed by atoms with Crippen molar-refractivity contribution in [2.45, 2.75) is 98.4 Å². The minimum absolute atomic E-state index is 0.0467. The van der Waals surface area contributed by atoms with Crippen LogP contribution < -0.4 is 9.80 Å². The van der Waals surface area contributed by atoms with Crippen molar-refractivity contribution in [2.24, 2.45) is 0 Å². The number of nitrogens with zero attached hydrogens (tertiary/aromatic N) is 2. The van der Waals surface area contributed by atoms with Gasteiger partial charge in [0, 0.05) is 54.1 Å². The lowest BCUT2D eigenvalue weighted by molar-refractivity contribution is -0.146. The highest BCUT2D eigenvalue weighted by molar-refractivity contribution is 5.90. The molecule has 18 heteroatoms. The monoisotopic (exact) mass is 1240 g/mol. The van der Waals surface area contributed by atoms with Crippen LogP contribution in [0.25, 0.3) is 11.1 Å². The van der Waals surface area contributed by atoms with Gasteiger partial charge in [0.25, 0.3) is 0 Å². The molecule has 0 N–H and O–H groups in total. The summed E-state index contributed by atoms with van der Waals surface area (Å²) in [4.78, 5) is 103. The van der Waals surface area contributed by atoms with Gasteiger partial charge >= 0.3 is 47.8 Å². The standard InChI is InChI=1S/C73H80N2O16/c1-11-85-71(81)51(7)45-89-67(77)39-19-55-16-30-61(31-17-55)75(65-37-21-57(49(5)43-65)27-41-69(79)91-47-53(9)73(83)87-13-3)63-34-24-59(25-35-63)58-22-32-62(33-23-58)74(60-28-14-54(15-29-60)18-38-66(76)88-44-50(6)70(80)84-10)64-36-20-56(48(4)42-64)26-40-68(78)90-46-52(8)72(82)86-12-2/h14-17,20-25,28,30-37,42-43,60H,6-9,11-13,18-19,26-27,29,38-41,44-47H2,1-5,10H3. The number of methoxy groups -OCH3 is 1. The van der Waals surface area contributed by atoms with Gasteiger partial charge in [0.1, 0.15) is 26.4 Å². The molecular weight excluding hydrogens is 1160 g/mol.